The normalized spacial score (nSPS) is 11.2. The Kier molecular flexibility index (Phi) is 5.15. The molecule has 0 bridgehead atoms. The topological polar surface area (TPSA) is 71.1 Å². The number of rotatable bonds is 5. The van der Waals surface area contributed by atoms with Crippen molar-refractivity contribution in [1.82, 2.24) is 4.98 Å². The van der Waals surface area contributed by atoms with Crippen molar-refractivity contribution in [3.05, 3.63) is 76.9 Å². The van der Waals surface area contributed by atoms with Crippen LogP contribution in [-0.2, 0) is 10.0 Å². The molecular formula is C19H18ClN3O2S. The molecule has 0 aliphatic heterocycles. The molecule has 2 aromatic carbocycles. The third kappa shape index (κ3) is 3.98. The molecule has 134 valence electrons. The maximum atomic E-state index is 12.4. The molecule has 0 radical (unpaired) electrons. The van der Waals surface area contributed by atoms with Crippen molar-refractivity contribution in [3.63, 3.8) is 0 Å². The molecule has 0 fully saturated rings. The van der Waals surface area contributed by atoms with Gasteiger partial charge in [-0.3, -0.25) is 4.72 Å². The molecule has 0 unspecified atom stereocenters. The summed E-state index contributed by atoms with van der Waals surface area (Å²) in [6.07, 6.45) is 1.58. The van der Waals surface area contributed by atoms with Gasteiger partial charge in [0, 0.05) is 5.69 Å². The van der Waals surface area contributed by atoms with E-state index in [1.165, 1.54) is 17.7 Å². The van der Waals surface area contributed by atoms with Crippen LogP contribution >= 0.6 is 11.6 Å². The molecule has 1 aromatic heterocycles. The minimum absolute atomic E-state index is 0.0149. The number of aryl methyl sites for hydroxylation is 1. The third-order valence-corrected chi connectivity index (χ3v) is 5.87. The molecule has 0 amide bonds. The van der Waals surface area contributed by atoms with Gasteiger partial charge >= 0.3 is 0 Å². The number of hydrogen-bond acceptors (Lipinski definition) is 4. The highest BCUT2D eigenvalue weighted by molar-refractivity contribution is 7.92. The Hall–Kier alpha value is -2.57. The molecular weight excluding hydrogens is 370 g/mol. The second-order valence-electron chi connectivity index (χ2n) is 5.84. The Balaban J connectivity index is 1.78. The lowest BCUT2D eigenvalue weighted by Crippen LogP contribution is -2.14. The molecule has 0 atom stereocenters. The van der Waals surface area contributed by atoms with Crippen LogP contribution in [0.4, 0.5) is 17.2 Å². The quantitative estimate of drug-likeness (QED) is 0.653. The Bertz CT molecular complexity index is 1030. The molecule has 0 saturated heterocycles. The second kappa shape index (κ2) is 7.35. The molecule has 1 heterocycles. The maximum Gasteiger partial charge on any atom is 0.264 e. The van der Waals surface area contributed by atoms with Crippen LogP contribution in [0.2, 0.25) is 5.02 Å². The molecule has 0 aliphatic rings. The molecule has 2 N–H and O–H groups in total. The number of halogens is 1. The number of anilines is 3. The lowest BCUT2D eigenvalue weighted by Gasteiger charge is -2.12. The number of benzene rings is 2. The highest BCUT2D eigenvalue weighted by Crippen LogP contribution is 2.25. The van der Waals surface area contributed by atoms with Gasteiger partial charge in [0.2, 0.25) is 0 Å². The van der Waals surface area contributed by atoms with Gasteiger partial charge in [-0.15, -0.1) is 0 Å². The van der Waals surface area contributed by atoms with Crippen LogP contribution in [0.1, 0.15) is 11.1 Å². The first-order valence-corrected chi connectivity index (χ1v) is 9.79. The van der Waals surface area contributed by atoms with Gasteiger partial charge in [0.05, 0.1) is 16.9 Å². The van der Waals surface area contributed by atoms with Crippen molar-refractivity contribution >= 4 is 38.8 Å². The summed E-state index contributed by atoms with van der Waals surface area (Å²) in [5.41, 5.74) is 4.08. The fourth-order valence-electron chi connectivity index (χ4n) is 2.43. The summed E-state index contributed by atoms with van der Waals surface area (Å²) < 4.78 is 27.3. The van der Waals surface area contributed by atoms with Crippen LogP contribution in [0, 0.1) is 13.8 Å². The van der Waals surface area contributed by atoms with Crippen LogP contribution in [0.15, 0.2) is 65.7 Å². The van der Waals surface area contributed by atoms with Gasteiger partial charge < -0.3 is 5.32 Å². The van der Waals surface area contributed by atoms with Crippen LogP contribution < -0.4 is 10.0 Å². The molecule has 3 rings (SSSR count). The summed E-state index contributed by atoms with van der Waals surface area (Å²) in [7, 11) is -3.79. The van der Waals surface area contributed by atoms with Gasteiger partial charge in [-0.1, -0.05) is 35.9 Å². The minimum Gasteiger partial charge on any atom is -0.354 e. The summed E-state index contributed by atoms with van der Waals surface area (Å²) in [6, 6.07) is 15.6. The van der Waals surface area contributed by atoms with E-state index in [0.29, 0.717) is 0 Å². The summed E-state index contributed by atoms with van der Waals surface area (Å²) >= 11 is 5.97. The van der Waals surface area contributed by atoms with Gasteiger partial charge in [-0.25, -0.2) is 13.4 Å². The number of pyridine rings is 1. The first kappa shape index (κ1) is 18.2. The number of aromatic nitrogens is 1. The Morgan fingerprint density at radius 3 is 2.42 bits per heavy atom. The van der Waals surface area contributed by atoms with E-state index in [9.17, 15) is 8.42 Å². The number of nitrogens with one attached hydrogen (secondary N) is 2. The molecule has 26 heavy (non-hydrogen) atoms. The van der Waals surface area contributed by atoms with Gasteiger partial charge in [0.1, 0.15) is 10.7 Å². The van der Waals surface area contributed by atoms with Gasteiger partial charge in [-0.05, 0) is 55.3 Å². The Labute approximate surface area is 158 Å². The number of sulfonamides is 1. The van der Waals surface area contributed by atoms with Crippen molar-refractivity contribution in [3.8, 4) is 0 Å². The van der Waals surface area contributed by atoms with E-state index in [0.717, 1.165) is 16.9 Å². The van der Waals surface area contributed by atoms with Crippen LogP contribution in [-0.4, -0.2) is 13.4 Å². The summed E-state index contributed by atoms with van der Waals surface area (Å²) in [5, 5.41) is 3.44. The van der Waals surface area contributed by atoms with E-state index in [1.807, 2.05) is 32.0 Å². The third-order valence-electron chi connectivity index (χ3n) is 4.01. The van der Waals surface area contributed by atoms with E-state index in [1.54, 1.807) is 30.5 Å². The molecule has 3 aromatic rings. The highest BCUT2D eigenvalue weighted by atomic mass is 35.5. The number of hydrogen-bond donors (Lipinski definition) is 2. The van der Waals surface area contributed by atoms with Crippen molar-refractivity contribution in [2.45, 2.75) is 18.7 Å². The molecule has 7 heteroatoms. The zero-order valence-electron chi connectivity index (χ0n) is 14.3. The zero-order valence-corrected chi connectivity index (χ0v) is 15.9. The molecule has 5 nitrogen and oxygen atoms in total. The second-order valence-corrected chi connectivity index (χ2v) is 7.90. The fraction of sp³-hybridized carbons (Fsp3) is 0.105. The molecule has 0 saturated carbocycles. The van der Waals surface area contributed by atoms with Gasteiger partial charge in [-0.2, -0.15) is 0 Å². The van der Waals surface area contributed by atoms with E-state index < -0.39 is 10.0 Å². The first-order chi connectivity index (χ1) is 12.4. The average Bonchev–Trinajstić information content (AvgIpc) is 2.60. The largest absolute Gasteiger partial charge is 0.354 e. The Morgan fingerprint density at radius 2 is 1.73 bits per heavy atom. The van der Waals surface area contributed by atoms with Crippen LogP contribution in [0.5, 0.6) is 0 Å². The lowest BCUT2D eigenvalue weighted by molar-refractivity contribution is 0.601. The predicted molar refractivity (Wildman–Crippen MR) is 106 cm³/mol. The van der Waals surface area contributed by atoms with E-state index in [-0.39, 0.29) is 15.7 Å². The standard InChI is InChI=1S/C19H18ClN3O2S/c1-13-6-5-8-17(14(13)2)22-15-10-11-19(21-12-15)23-26(24,25)18-9-4-3-7-16(18)20/h3-12,22H,1-2H3,(H,21,23). The van der Waals surface area contributed by atoms with Crippen molar-refractivity contribution < 1.29 is 8.42 Å². The van der Waals surface area contributed by atoms with Crippen LogP contribution in [0.3, 0.4) is 0 Å². The summed E-state index contributed by atoms with van der Waals surface area (Å²) in [5.74, 6) is 0.219. The highest BCUT2D eigenvalue weighted by Gasteiger charge is 2.17. The van der Waals surface area contributed by atoms with E-state index in [2.05, 4.69) is 15.0 Å². The van der Waals surface area contributed by atoms with Crippen molar-refractivity contribution in [2.24, 2.45) is 0 Å². The van der Waals surface area contributed by atoms with E-state index >= 15 is 0 Å². The predicted octanol–water partition coefficient (Wildman–Crippen LogP) is 4.90. The molecule has 0 spiro atoms. The average molecular weight is 388 g/mol. The van der Waals surface area contributed by atoms with Crippen LogP contribution in [0.25, 0.3) is 0 Å². The summed E-state index contributed by atoms with van der Waals surface area (Å²) in [6.45, 7) is 4.09. The maximum absolute atomic E-state index is 12.4. The number of nitrogens with zero attached hydrogens (tertiary/aromatic N) is 1. The SMILES string of the molecule is Cc1cccc(Nc2ccc(NS(=O)(=O)c3ccccc3Cl)nc2)c1C. The van der Waals surface area contributed by atoms with E-state index in [4.69, 9.17) is 11.6 Å². The minimum atomic E-state index is -3.79. The lowest BCUT2D eigenvalue weighted by atomic mass is 10.1. The Morgan fingerprint density at radius 1 is 0.962 bits per heavy atom. The molecule has 0 aliphatic carbocycles. The van der Waals surface area contributed by atoms with Crippen molar-refractivity contribution in [2.75, 3.05) is 10.0 Å². The van der Waals surface area contributed by atoms with Gasteiger partial charge in [0.15, 0.2) is 0 Å². The van der Waals surface area contributed by atoms with Crippen molar-refractivity contribution in [1.29, 1.82) is 0 Å². The zero-order chi connectivity index (χ0) is 18.7. The summed E-state index contributed by atoms with van der Waals surface area (Å²) in [4.78, 5) is 4.19. The fourth-order valence-corrected chi connectivity index (χ4v) is 3.95. The first-order valence-electron chi connectivity index (χ1n) is 7.93. The smallest absolute Gasteiger partial charge is 0.264 e. The monoisotopic (exact) mass is 387 g/mol. The van der Waals surface area contributed by atoms with Gasteiger partial charge in [0.25, 0.3) is 10.0 Å².